The van der Waals surface area contributed by atoms with Crippen molar-refractivity contribution in [1.82, 2.24) is 42.5 Å². The predicted molar refractivity (Wildman–Crippen MR) is 418 cm³/mol. The average molecular weight is 1720 g/mol. The number of carbonyl (C=O) groups excluding carboxylic acids is 7. The summed E-state index contributed by atoms with van der Waals surface area (Å²) < 4.78 is 56.6. The van der Waals surface area contributed by atoms with Crippen LogP contribution in [0.1, 0.15) is 131 Å². The number of rotatable bonds is 24. The van der Waals surface area contributed by atoms with Gasteiger partial charge in [0.1, 0.15) is 120 Å². The van der Waals surface area contributed by atoms with E-state index in [4.69, 9.17) is 77.3 Å². The Morgan fingerprint density at radius 2 is 1.30 bits per heavy atom. The molecule has 0 radical (unpaired) electrons. The van der Waals surface area contributed by atoms with Crippen molar-refractivity contribution in [2.75, 3.05) is 40.0 Å². The summed E-state index contributed by atoms with van der Waals surface area (Å²) >= 11 is 14.5. The van der Waals surface area contributed by atoms with Crippen LogP contribution < -0.4 is 68.2 Å². The molecule has 13 rings (SSSR count). The van der Waals surface area contributed by atoms with Gasteiger partial charge >= 0.3 is 5.97 Å². The molecule has 3 fully saturated rings. The number of ether oxygens (including phenoxy) is 9. The summed E-state index contributed by atoms with van der Waals surface area (Å²) in [5.74, 6) is -16.6. The molecule has 4 unspecified atom stereocenters. The summed E-state index contributed by atoms with van der Waals surface area (Å²) in [5.41, 5.74) is 8.01. The number of nitrogens with one attached hydrogen (secondary N) is 8. The number of benzene rings is 5. The van der Waals surface area contributed by atoms with Crippen LogP contribution in [0.4, 0.5) is 0 Å². The van der Waals surface area contributed by atoms with Crippen molar-refractivity contribution >= 4 is 70.5 Å². The molecular weight excluding hydrogens is 1620 g/mol. The van der Waals surface area contributed by atoms with Crippen LogP contribution >= 0.6 is 23.2 Å². The number of aromatic hydroxyl groups is 3. The van der Waals surface area contributed by atoms with Crippen molar-refractivity contribution < 1.29 is 142 Å². The molecule has 0 aromatic heterocycles. The van der Waals surface area contributed by atoms with Crippen molar-refractivity contribution in [2.45, 2.75) is 213 Å². The van der Waals surface area contributed by atoms with E-state index in [0.29, 0.717) is 26.2 Å². The number of aliphatic hydroxyl groups is 8. The maximum atomic E-state index is 16.4. The van der Waals surface area contributed by atoms with E-state index in [1.807, 2.05) is 20.8 Å². The number of amides is 7. The van der Waals surface area contributed by atoms with Crippen molar-refractivity contribution in [3.8, 4) is 57.1 Å². The van der Waals surface area contributed by atoms with E-state index >= 15 is 24.0 Å². The molecule has 3 saturated heterocycles. The monoisotopic (exact) mass is 1720 g/mol. The number of phenolic OH excluding ortho intramolecular Hbond substituents is 3. The molecule has 0 aliphatic carbocycles. The standard InChI is InChI=1S/C79H100Cl2N10O29/c1-7-8-17-112-18-9-16-85-29-50-61(98)62(99)64(101)77(116-50)120-68-51(30-92)117-78(65(102)63(68)100)119-67-48-23-36-24-49(67)115-47-15-12-35(22-41(47)81)66(118-53-28-79(5,83)69(103)32(4)113-53)59-75(109)89-57(76(110)111)39-25-37(93)26-45(95)54(39)38-20-33(10-13-44(38)94)55(72(106)91-59)88-73(107)56(36)87-71(105)43(27-52(82)96)86-74(108)58(90-70(104)42(84-6)19-31(2)3)60(97)34-11-14-46(114-48)40(80)21-34/h10-15,20-26,31-32,42-43,50-51,53,55-66,68-69,77-78,84-85,92-95,97-103H,7-9,16-19,27-30,83H2,1-6H3,(H2,82,96)(H,86,108)(H,87,105)(H,88,107)(H,89,109)(H,90,104)(H,91,106)(H,110,111)/t32-,42+,43?,50+,51+,53-,55?,56+,57?,58?,59-,60+,61-,62-,63+,64+,65+,66+,68+,69-,77-,78-,79-/m0/s1. The number of hydrogen-bond acceptors (Lipinski definition) is 31. The highest BCUT2D eigenvalue weighted by atomic mass is 35.5. The molecule has 654 valence electrons. The van der Waals surface area contributed by atoms with Crippen molar-refractivity contribution in [3.63, 3.8) is 0 Å². The first kappa shape index (κ1) is 91.3. The normalized spacial score (nSPS) is 30.6. The second kappa shape index (κ2) is 39.2. The molecule has 8 aliphatic heterocycles. The summed E-state index contributed by atoms with van der Waals surface area (Å²) in [5, 5.41) is 158. The van der Waals surface area contributed by atoms with E-state index in [0.717, 1.165) is 79.6 Å². The van der Waals surface area contributed by atoms with Crippen LogP contribution in [0.25, 0.3) is 11.1 Å². The van der Waals surface area contributed by atoms with Gasteiger partial charge in [-0.3, -0.25) is 33.6 Å². The number of nitrogens with two attached hydrogens (primary N) is 2. The zero-order valence-electron chi connectivity index (χ0n) is 65.8. The first-order valence-corrected chi connectivity index (χ1v) is 39.6. The Kier molecular flexibility index (Phi) is 29.8. The Balaban J connectivity index is 1.11. The number of likely N-dealkylation sites (N-methyl/N-ethyl adjacent to an activating group) is 1. The Hall–Kier alpha value is -9.44. The minimum absolute atomic E-state index is 0.107. The van der Waals surface area contributed by atoms with Crippen LogP contribution in [0.5, 0.6) is 46.0 Å². The fourth-order valence-corrected chi connectivity index (χ4v) is 15.3. The molecule has 24 N–H and O–H groups in total. The third-order valence-electron chi connectivity index (χ3n) is 21.3. The summed E-state index contributed by atoms with van der Waals surface area (Å²) in [7, 11) is 1.46. The Morgan fingerprint density at radius 1 is 0.675 bits per heavy atom. The van der Waals surface area contributed by atoms with Gasteiger partial charge in [-0.15, -0.1) is 0 Å². The smallest absolute Gasteiger partial charge is 0.330 e. The van der Waals surface area contributed by atoms with Gasteiger partial charge in [0.05, 0.1) is 41.3 Å². The molecule has 5 aromatic rings. The Morgan fingerprint density at radius 3 is 1.93 bits per heavy atom. The molecule has 8 heterocycles. The Labute approximate surface area is 696 Å². The number of aliphatic hydroxyl groups excluding tert-OH is 8. The molecular formula is C79H100Cl2N10O29. The van der Waals surface area contributed by atoms with Crippen LogP contribution in [0.15, 0.2) is 78.9 Å². The quantitative estimate of drug-likeness (QED) is 0.0354. The van der Waals surface area contributed by atoms with Crippen LogP contribution in [0, 0.1) is 5.92 Å². The number of carboxylic acid groups (broad SMARTS) is 1. The minimum atomic E-state index is -2.41. The summed E-state index contributed by atoms with van der Waals surface area (Å²) in [6.45, 7) is 8.69. The van der Waals surface area contributed by atoms with Gasteiger partial charge in [-0.2, -0.15) is 0 Å². The number of primary amides is 1. The summed E-state index contributed by atoms with van der Waals surface area (Å²) in [4.78, 5) is 120. The van der Waals surface area contributed by atoms with E-state index in [2.05, 4.69) is 42.5 Å². The highest BCUT2D eigenvalue weighted by Crippen LogP contribution is 2.50. The fraction of sp³-hybridized carbons (Fsp3) is 0.519. The number of unbranched alkanes of at least 4 members (excludes halogenated alkanes) is 1. The lowest BCUT2D eigenvalue weighted by atomic mass is 9.86. The maximum absolute atomic E-state index is 16.4. The minimum Gasteiger partial charge on any atom is -0.508 e. The zero-order chi connectivity index (χ0) is 87.2. The predicted octanol–water partition coefficient (Wildman–Crippen LogP) is -0.265. The number of aliphatic carboxylic acids is 1. The lowest BCUT2D eigenvalue weighted by Crippen LogP contribution is -2.65. The number of halogens is 2. The third kappa shape index (κ3) is 20.7. The van der Waals surface area contributed by atoms with Crippen molar-refractivity contribution in [3.05, 3.63) is 117 Å². The molecule has 8 aliphatic rings. The van der Waals surface area contributed by atoms with Gasteiger partial charge in [-0.1, -0.05) is 68.6 Å². The van der Waals surface area contributed by atoms with Gasteiger partial charge < -0.3 is 158 Å². The molecule has 0 spiro atoms. The lowest BCUT2D eigenvalue weighted by Gasteiger charge is -2.46. The highest BCUT2D eigenvalue weighted by Gasteiger charge is 2.53. The molecule has 41 heteroatoms. The van der Waals surface area contributed by atoms with Crippen LogP contribution in [-0.4, -0.2) is 258 Å². The second-order valence-electron chi connectivity index (χ2n) is 30.9. The van der Waals surface area contributed by atoms with E-state index in [9.17, 15) is 75.7 Å². The van der Waals surface area contributed by atoms with Gasteiger partial charge in [0, 0.05) is 54.5 Å². The molecule has 0 saturated carbocycles. The number of phenols is 3. The number of carbonyl (C=O) groups is 8. The van der Waals surface area contributed by atoms with Gasteiger partial charge in [-0.25, -0.2) is 4.79 Å². The zero-order valence-corrected chi connectivity index (χ0v) is 67.3. The second-order valence-corrected chi connectivity index (χ2v) is 31.7. The first-order valence-electron chi connectivity index (χ1n) is 38.8. The van der Waals surface area contributed by atoms with Crippen molar-refractivity contribution in [2.24, 2.45) is 17.4 Å². The van der Waals surface area contributed by atoms with Crippen LogP contribution in [-0.2, 0) is 66.8 Å². The molecule has 39 nitrogen and oxygen atoms in total. The fourth-order valence-electron chi connectivity index (χ4n) is 14.9. The van der Waals surface area contributed by atoms with E-state index in [-0.39, 0.29) is 42.0 Å². The van der Waals surface area contributed by atoms with Crippen molar-refractivity contribution in [1.29, 1.82) is 0 Å². The number of hydrogen-bond donors (Lipinski definition) is 22. The number of fused-ring (bicyclic) bond motifs is 15. The molecule has 11 bridgehead atoms. The van der Waals surface area contributed by atoms with Crippen LogP contribution in [0.2, 0.25) is 10.0 Å². The Bertz CT molecular complexity index is 4590. The van der Waals surface area contributed by atoms with Gasteiger partial charge in [-0.05, 0) is 129 Å². The third-order valence-corrected chi connectivity index (χ3v) is 21.9. The first-order chi connectivity index (χ1) is 56.9. The molecule has 120 heavy (non-hydrogen) atoms. The van der Waals surface area contributed by atoms with Crippen LogP contribution in [0.3, 0.4) is 0 Å². The van der Waals surface area contributed by atoms with Gasteiger partial charge in [0.25, 0.3) is 0 Å². The molecule has 5 aromatic carbocycles. The van der Waals surface area contributed by atoms with Gasteiger partial charge in [0.15, 0.2) is 30.1 Å². The molecule has 7 amide bonds. The largest absolute Gasteiger partial charge is 0.508 e. The van der Waals surface area contributed by atoms with E-state index < -0.39 is 279 Å². The molecule has 23 atom stereocenters. The number of carboxylic acids is 1. The van der Waals surface area contributed by atoms with E-state index in [1.54, 1.807) is 0 Å². The topological polar surface area (TPSA) is 611 Å². The lowest BCUT2D eigenvalue weighted by molar-refractivity contribution is -0.350. The summed E-state index contributed by atoms with van der Waals surface area (Å²) in [6.07, 6.45) is -26.4. The van der Waals surface area contributed by atoms with E-state index in [1.165, 1.54) is 33.0 Å². The van der Waals surface area contributed by atoms with Gasteiger partial charge in [0.2, 0.25) is 53.4 Å². The average Bonchev–Trinajstić information content (AvgIpc) is 0.823. The highest BCUT2D eigenvalue weighted by molar-refractivity contribution is 6.32. The SMILES string of the molecule is CCCCOCCCNC[C@H]1O[C@@H](O[C@H]2[C@H](O)[C@@H](O)[C@H](Oc3c4cc5cc3Oc3ccc(cc3Cl)[C@@H](O[C@H]3C[C@](C)(N)[C@@H](O)[C@H](C)O3)[C@@H]3NC(=O)C(NC(=O)[C@@H]5NC(=O)C(CC(N)=O)NC(=O)C(NC(=O)[C@@H](CC(C)C)NC)[C@H](O)c5ccc(c(Cl)c5)O4)c4ccc(O)c(c4)-c4c(O)cc(O)cc4C(C(=O)O)NC3=O)O[C@@H]2CO)[C@H](O)[C@@H](O)[C@H]1O. The summed E-state index contributed by atoms with van der Waals surface area (Å²) in [6, 6.07) is -0.925. The maximum Gasteiger partial charge on any atom is 0.330 e.